The lowest BCUT2D eigenvalue weighted by atomic mass is 10.2. The van der Waals surface area contributed by atoms with Crippen molar-refractivity contribution in [3.05, 3.63) is 35.7 Å². The van der Waals surface area contributed by atoms with Crippen LogP contribution in [0.15, 0.2) is 24.3 Å². The molecule has 1 aromatic carbocycles. The van der Waals surface area contributed by atoms with Crippen molar-refractivity contribution in [3.63, 3.8) is 0 Å². The number of benzene rings is 1. The van der Waals surface area contributed by atoms with Gasteiger partial charge in [0.2, 0.25) is 0 Å². The Hall–Kier alpha value is -1.98. The number of carboxylic acids is 1. The summed E-state index contributed by atoms with van der Waals surface area (Å²) >= 11 is 0. The van der Waals surface area contributed by atoms with Gasteiger partial charge in [0.05, 0.1) is 0 Å². The molecule has 0 aliphatic carbocycles. The van der Waals surface area contributed by atoms with Gasteiger partial charge >= 0.3 is 12.6 Å². The van der Waals surface area contributed by atoms with Crippen LogP contribution in [-0.4, -0.2) is 17.7 Å². The van der Waals surface area contributed by atoms with E-state index in [1.165, 1.54) is 0 Å². The molecular weight excluding hydrogens is 225 g/mol. The zero-order valence-corrected chi connectivity index (χ0v) is 7.86. The summed E-state index contributed by atoms with van der Waals surface area (Å²) < 4.78 is 40.8. The zero-order valence-electron chi connectivity index (χ0n) is 7.86. The summed E-state index contributed by atoms with van der Waals surface area (Å²) in [6.45, 7) is -3.01. The predicted octanol–water partition coefficient (Wildman–Crippen LogP) is 2.52. The Kier molecular flexibility index (Phi) is 3.93. The van der Waals surface area contributed by atoms with E-state index in [1.807, 2.05) is 0 Å². The van der Waals surface area contributed by atoms with Crippen LogP contribution in [0.2, 0.25) is 0 Å². The van der Waals surface area contributed by atoms with Gasteiger partial charge in [-0.15, -0.1) is 0 Å². The highest BCUT2D eigenvalue weighted by molar-refractivity contribution is 5.85. The Bertz CT molecular complexity index is 416. The van der Waals surface area contributed by atoms with Crippen molar-refractivity contribution in [2.45, 2.75) is 6.61 Å². The predicted molar refractivity (Wildman–Crippen MR) is 49.7 cm³/mol. The Morgan fingerprint density at radius 3 is 2.69 bits per heavy atom. The van der Waals surface area contributed by atoms with Crippen LogP contribution in [0.5, 0.6) is 5.75 Å². The third-order valence-electron chi connectivity index (χ3n) is 1.60. The van der Waals surface area contributed by atoms with Crippen molar-refractivity contribution in [2.75, 3.05) is 0 Å². The molecule has 6 heteroatoms. The van der Waals surface area contributed by atoms with E-state index in [0.717, 1.165) is 24.3 Å². The summed E-state index contributed by atoms with van der Waals surface area (Å²) in [6, 6.07) is 2.93. The van der Waals surface area contributed by atoms with Crippen LogP contribution < -0.4 is 4.74 Å². The highest BCUT2D eigenvalue weighted by atomic mass is 19.3. The second-order valence-corrected chi connectivity index (χ2v) is 2.73. The third-order valence-corrected chi connectivity index (χ3v) is 1.60. The molecule has 0 unspecified atom stereocenters. The minimum absolute atomic E-state index is 0.138. The van der Waals surface area contributed by atoms with Gasteiger partial charge in [0, 0.05) is 11.6 Å². The average molecular weight is 232 g/mol. The van der Waals surface area contributed by atoms with Crippen molar-refractivity contribution in [2.24, 2.45) is 0 Å². The molecule has 0 saturated carbocycles. The normalized spacial score (nSPS) is 11.0. The molecule has 0 heterocycles. The van der Waals surface area contributed by atoms with Crippen LogP contribution in [0.4, 0.5) is 13.2 Å². The molecular formula is C10H7F3O3. The van der Waals surface area contributed by atoms with Crippen LogP contribution >= 0.6 is 0 Å². The first-order valence-corrected chi connectivity index (χ1v) is 4.14. The SMILES string of the molecule is O=C(O)/C=C/c1cc(OC(F)F)ccc1F. The lowest BCUT2D eigenvalue weighted by Crippen LogP contribution is -2.02. The molecule has 16 heavy (non-hydrogen) atoms. The third kappa shape index (κ3) is 3.64. The van der Waals surface area contributed by atoms with E-state index in [9.17, 15) is 18.0 Å². The number of rotatable bonds is 4. The van der Waals surface area contributed by atoms with E-state index < -0.39 is 18.4 Å². The highest BCUT2D eigenvalue weighted by Gasteiger charge is 2.07. The number of carbonyl (C=O) groups is 1. The molecule has 3 nitrogen and oxygen atoms in total. The van der Waals surface area contributed by atoms with Gasteiger partial charge in [-0.3, -0.25) is 0 Å². The Labute approximate surface area is 88.8 Å². The highest BCUT2D eigenvalue weighted by Crippen LogP contribution is 2.19. The molecule has 0 amide bonds. The van der Waals surface area contributed by atoms with E-state index in [-0.39, 0.29) is 11.3 Å². The van der Waals surface area contributed by atoms with Crippen LogP contribution in [0.3, 0.4) is 0 Å². The maximum absolute atomic E-state index is 13.1. The van der Waals surface area contributed by atoms with E-state index in [1.54, 1.807) is 0 Å². The van der Waals surface area contributed by atoms with E-state index in [4.69, 9.17) is 5.11 Å². The molecule has 0 bridgehead atoms. The second kappa shape index (κ2) is 5.20. The van der Waals surface area contributed by atoms with Crippen molar-refractivity contribution < 1.29 is 27.8 Å². The fraction of sp³-hybridized carbons (Fsp3) is 0.100. The number of carboxylic acid groups (broad SMARTS) is 1. The van der Waals surface area contributed by atoms with Crippen molar-refractivity contribution >= 4 is 12.0 Å². The van der Waals surface area contributed by atoms with Crippen molar-refractivity contribution in [1.29, 1.82) is 0 Å². The minimum atomic E-state index is -3.01. The number of alkyl halides is 2. The zero-order chi connectivity index (χ0) is 12.1. The molecule has 0 aromatic heterocycles. The smallest absolute Gasteiger partial charge is 0.387 e. The number of hydrogen-bond donors (Lipinski definition) is 1. The van der Waals surface area contributed by atoms with Gasteiger partial charge in [0.1, 0.15) is 11.6 Å². The fourth-order valence-corrected chi connectivity index (χ4v) is 0.987. The second-order valence-electron chi connectivity index (χ2n) is 2.73. The monoisotopic (exact) mass is 232 g/mol. The molecule has 0 atom stereocenters. The van der Waals surface area contributed by atoms with E-state index >= 15 is 0 Å². The molecule has 0 fully saturated rings. The largest absolute Gasteiger partial charge is 0.478 e. The van der Waals surface area contributed by atoms with E-state index in [2.05, 4.69) is 4.74 Å². The van der Waals surface area contributed by atoms with Crippen LogP contribution in [0, 0.1) is 5.82 Å². The molecule has 1 N–H and O–H groups in total. The summed E-state index contributed by atoms with van der Waals surface area (Å²) in [5.41, 5.74) is -0.138. The molecule has 0 radical (unpaired) electrons. The maximum atomic E-state index is 13.1. The van der Waals surface area contributed by atoms with Crippen LogP contribution in [-0.2, 0) is 4.79 Å². The lowest BCUT2D eigenvalue weighted by Gasteiger charge is -2.05. The molecule has 0 aliphatic heterocycles. The minimum Gasteiger partial charge on any atom is -0.478 e. The number of aliphatic carboxylic acids is 1. The van der Waals surface area contributed by atoms with Crippen LogP contribution in [0.1, 0.15) is 5.56 Å². The average Bonchev–Trinajstić information content (AvgIpc) is 2.18. The number of hydrogen-bond acceptors (Lipinski definition) is 2. The summed E-state index contributed by atoms with van der Waals surface area (Å²) in [5, 5.41) is 8.32. The quantitative estimate of drug-likeness (QED) is 0.811. The van der Waals surface area contributed by atoms with Gasteiger partial charge < -0.3 is 9.84 Å². The van der Waals surface area contributed by atoms with Gasteiger partial charge in [-0.1, -0.05) is 0 Å². The molecule has 86 valence electrons. The summed E-state index contributed by atoms with van der Waals surface area (Å²) in [6.07, 6.45) is 1.65. The van der Waals surface area contributed by atoms with Gasteiger partial charge in [0.25, 0.3) is 0 Å². The molecule has 0 saturated heterocycles. The first-order valence-electron chi connectivity index (χ1n) is 4.14. The topological polar surface area (TPSA) is 46.5 Å². The van der Waals surface area contributed by atoms with Crippen molar-refractivity contribution in [3.8, 4) is 5.75 Å². The van der Waals surface area contributed by atoms with Crippen LogP contribution in [0.25, 0.3) is 6.08 Å². The molecule has 1 rings (SSSR count). The van der Waals surface area contributed by atoms with E-state index in [0.29, 0.717) is 6.08 Å². The molecule has 0 aliphatic rings. The van der Waals surface area contributed by atoms with Gasteiger partial charge in [0.15, 0.2) is 0 Å². The summed E-state index contributed by atoms with van der Waals surface area (Å²) in [4.78, 5) is 10.2. The Balaban J connectivity index is 2.94. The van der Waals surface area contributed by atoms with Gasteiger partial charge in [-0.2, -0.15) is 8.78 Å². The lowest BCUT2D eigenvalue weighted by molar-refractivity contribution is -0.131. The molecule has 1 aromatic rings. The maximum Gasteiger partial charge on any atom is 0.387 e. The summed E-state index contributed by atoms with van der Waals surface area (Å²) in [5.74, 6) is -2.22. The fourth-order valence-electron chi connectivity index (χ4n) is 0.987. The van der Waals surface area contributed by atoms with Gasteiger partial charge in [-0.05, 0) is 24.3 Å². The van der Waals surface area contributed by atoms with Crippen molar-refractivity contribution in [1.82, 2.24) is 0 Å². The number of ether oxygens (including phenoxy) is 1. The number of halogens is 3. The Morgan fingerprint density at radius 1 is 1.44 bits per heavy atom. The molecule has 0 spiro atoms. The summed E-state index contributed by atoms with van der Waals surface area (Å²) in [7, 11) is 0. The Morgan fingerprint density at radius 2 is 2.12 bits per heavy atom. The van der Waals surface area contributed by atoms with Gasteiger partial charge in [-0.25, -0.2) is 9.18 Å². The first-order chi connectivity index (χ1) is 7.49. The standard InChI is InChI=1S/C10H7F3O3/c11-8-3-2-7(16-10(12)13)5-6(8)1-4-9(14)15/h1-5,10H,(H,14,15)/b4-1+. The first kappa shape index (κ1) is 12.1.